The number of likely N-dealkylation sites (tertiary alicyclic amines) is 1. The van der Waals surface area contributed by atoms with Crippen LogP contribution in [-0.2, 0) is 4.79 Å². The Kier molecular flexibility index (Phi) is 2.78. The van der Waals surface area contributed by atoms with Crippen LogP contribution >= 0.6 is 0 Å². The highest BCUT2D eigenvalue weighted by Crippen LogP contribution is 2.31. The van der Waals surface area contributed by atoms with E-state index in [-0.39, 0.29) is 17.7 Å². The molecule has 1 rings (SSSR count). The lowest BCUT2D eigenvalue weighted by atomic mass is 9.77. The van der Waals surface area contributed by atoms with Crippen LogP contribution in [0.4, 0.5) is 0 Å². The van der Waals surface area contributed by atoms with Crippen molar-refractivity contribution in [3.05, 3.63) is 0 Å². The highest BCUT2D eigenvalue weighted by atomic mass is 16.3. The largest absolute Gasteiger partial charge is 0.382 e. The molecule has 13 heavy (non-hydrogen) atoms. The summed E-state index contributed by atoms with van der Waals surface area (Å²) < 4.78 is 0. The minimum atomic E-state index is -1.09. The Morgan fingerprint density at radius 1 is 1.54 bits per heavy atom. The maximum absolute atomic E-state index is 11.3. The van der Waals surface area contributed by atoms with Crippen molar-refractivity contribution < 1.29 is 9.90 Å². The van der Waals surface area contributed by atoms with Crippen LogP contribution in [-0.4, -0.2) is 41.0 Å². The number of piperidine rings is 1. The van der Waals surface area contributed by atoms with Crippen molar-refractivity contribution in [3.63, 3.8) is 0 Å². The molecule has 0 aliphatic carbocycles. The molecule has 76 valence electrons. The van der Waals surface area contributed by atoms with Crippen molar-refractivity contribution in [1.82, 2.24) is 4.90 Å². The molecule has 1 aliphatic rings. The average Bonchev–Trinajstić information content (AvgIpc) is 2.01. The van der Waals surface area contributed by atoms with E-state index in [1.54, 1.807) is 0 Å². The van der Waals surface area contributed by atoms with Gasteiger partial charge in [-0.15, -0.1) is 0 Å². The smallest absolute Gasteiger partial charge is 0.161 e. The van der Waals surface area contributed by atoms with Crippen LogP contribution in [0.1, 0.15) is 27.2 Å². The fourth-order valence-corrected chi connectivity index (χ4v) is 2.06. The summed E-state index contributed by atoms with van der Waals surface area (Å²) in [7, 11) is 2.03. The predicted molar refractivity (Wildman–Crippen MR) is 51.5 cm³/mol. The van der Waals surface area contributed by atoms with E-state index in [4.69, 9.17) is 0 Å². The van der Waals surface area contributed by atoms with Gasteiger partial charge in [-0.25, -0.2) is 0 Å². The molecule has 0 unspecified atom stereocenters. The summed E-state index contributed by atoms with van der Waals surface area (Å²) in [5.74, 6) is -0.0638. The molecular weight excluding hydrogens is 166 g/mol. The monoisotopic (exact) mass is 185 g/mol. The van der Waals surface area contributed by atoms with E-state index in [1.165, 1.54) is 6.92 Å². The first kappa shape index (κ1) is 10.7. The van der Waals surface area contributed by atoms with Crippen molar-refractivity contribution in [2.45, 2.75) is 38.8 Å². The van der Waals surface area contributed by atoms with Gasteiger partial charge < -0.3 is 10.0 Å². The zero-order valence-corrected chi connectivity index (χ0v) is 8.87. The number of ketones is 1. The molecule has 1 heterocycles. The molecule has 1 N–H and O–H groups in total. The van der Waals surface area contributed by atoms with E-state index >= 15 is 0 Å². The van der Waals surface area contributed by atoms with E-state index in [9.17, 15) is 9.90 Å². The summed E-state index contributed by atoms with van der Waals surface area (Å²) in [6.45, 7) is 6.25. The fraction of sp³-hybridized carbons (Fsp3) is 0.900. The Morgan fingerprint density at radius 2 is 2.08 bits per heavy atom. The number of carbonyl (C=O) groups excluding carboxylic acids is 1. The third-order valence-electron chi connectivity index (χ3n) is 3.35. The minimum Gasteiger partial charge on any atom is -0.382 e. The summed E-state index contributed by atoms with van der Waals surface area (Å²) in [5, 5.41) is 10.1. The molecule has 0 aromatic carbocycles. The van der Waals surface area contributed by atoms with Gasteiger partial charge in [-0.05, 0) is 27.3 Å². The molecule has 3 nitrogen and oxygen atoms in total. The number of carbonyl (C=O) groups is 1. The Morgan fingerprint density at radius 3 is 2.54 bits per heavy atom. The topological polar surface area (TPSA) is 40.5 Å². The average molecular weight is 185 g/mol. The van der Waals surface area contributed by atoms with Crippen LogP contribution < -0.4 is 0 Å². The number of hydrogen-bond acceptors (Lipinski definition) is 3. The minimum absolute atomic E-state index is 0.0335. The Balaban J connectivity index is 2.82. The lowest BCUT2D eigenvalue weighted by Gasteiger charge is -2.44. The van der Waals surface area contributed by atoms with E-state index in [2.05, 4.69) is 4.90 Å². The standard InChI is InChI=1S/C10H19NO2/c1-7-6-11(4)8(2)5-10(7,13)9(3)12/h7-8,13H,5-6H2,1-4H3/t7-,8-,10-/m1/s1. The van der Waals surface area contributed by atoms with Gasteiger partial charge in [0.1, 0.15) is 5.60 Å². The second kappa shape index (κ2) is 3.39. The van der Waals surface area contributed by atoms with Crippen molar-refractivity contribution in [1.29, 1.82) is 0 Å². The van der Waals surface area contributed by atoms with Crippen LogP contribution in [0.2, 0.25) is 0 Å². The highest BCUT2D eigenvalue weighted by molar-refractivity contribution is 5.85. The van der Waals surface area contributed by atoms with Gasteiger partial charge in [-0.2, -0.15) is 0 Å². The predicted octanol–water partition coefficient (Wildman–Crippen LogP) is 0.667. The van der Waals surface area contributed by atoms with Crippen LogP contribution in [0.3, 0.4) is 0 Å². The van der Waals surface area contributed by atoms with Gasteiger partial charge in [-0.1, -0.05) is 6.92 Å². The zero-order chi connectivity index (χ0) is 10.2. The van der Waals surface area contributed by atoms with Gasteiger partial charge >= 0.3 is 0 Å². The van der Waals surface area contributed by atoms with Crippen LogP contribution in [0.15, 0.2) is 0 Å². The molecule has 0 aromatic heterocycles. The van der Waals surface area contributed by atoms with Crippen molar-refractivity contribution >= 4 is 5.78 Å². The SMILES string of the molecule is CC(=O)[C@@]1(O)C[C@@H](C)N(C)C[C@H]1C. The molecule has 3 heteroatoms. The first-order valence-electron chi connectivity index (χ1n) is 4.81. The normalized spacial score (nSPS) is 41.9. The molecular formula is C10H19NO2. The fourth-order valence-electron chi connectivity index (χ4n) is 2.06. The summed E-state index contributed by atoms with van der Waals surface area (Å²) in [4.78, 5) is 13.5. The molecule has 0 aromatic rings. The van der Waals surface area contributed by atoms with Gasteiger partial charge in [0.05, 0.1) is 0 Å². The Bertz CT molecular complexity index is 217. The molecule has 1 aliphatic heterocycles. The molecule has 0 spiro atoms. The zero-order valence-electron chi connectivity index (χ0n) is 8.87. The molecule has 0 bridgehead atoms. The van der Waals surface area contributed by atoms with Gasteiger partial charge in [-0.3, -0.25) is 4.79 Å². The van der Waals surface area contributed by atoms with Crippen LogP contribution in [0, 0.1) is 5.92 Å². The van der Waals surface area contributed by atoms with E-state index in [0.29, 0.717) is 6.42 Å². The Hall–Kier alpha value is -0.410. The molecule has 1 saturated heterocycles. The maximum Gasteiger partial charge on any atom is 0.161 e. The molecule has 0 saturated carbocycles. The maximum atomic E-state index is 11.3. The van der Waals surface area contributed by atoms with Gasteiger partial charge in [0, 0.05) is 18.5 Å². The summed E-state index contributed by atoms with van der Waals surface area (Å²) >= 11 is 0. The number of aliphatic hydroxyl groups is 1. The second-order valence-electron chi connectivity index (χ2n) is 4.37. The first-order valence-corrected chi connectivity index (χ1v) is 4.81. The molecule has 0 amide bonds. The third-order valence-corrected chi connectivity index (χ3v) is 3.35. The Labute approximate surface area is 79.7 Å². The molecule has 0 radical (unpaired) electrons. The van der Waals surface area contributed by atoms with Gasteiger partial charge in [0.25, 0.3) is 0 Å². The lowest BCUT2D eigenvalue weighted by Crippen LogP contribution is -2.56. The number of Topliss-reactive ketones (excluding diaryl/α,β-unsaturated/α-hetero) is 1. The van der Waals surface area contributed by atoms with E-state index in [0.717, 1.165) is 6.54 Å². The van der Waals surface area contributed by atoms with Gasteiger partial charge in [0.2, 0.25) is 0 Å². The third kappa shape index (κ3) is 1.76. The summed E-state index contributed by atoms with van der Waals surface area (Å²) in [5.41, 5.74) is -1.09. The lowest BCUT2D eigenvalue weighted by molar-refractivity contribution is -0.149. The van der Waals surface area contributed by atoms with E-state index in [1.807, 2.05) is 20.9 Å². The number of hydrogen-bond donors (Lipinski definition) is 1. The van der Waals surface area contributed by atoms with Gasteiger partial charge in [0.15, 0.2) is 5.78 Å². The van der Waals surface area contributed by atoms with Crippen LogP contribution in [0.25, 0.3) is 0 Å². The quantitative estimate of drug-likeness (QED) is 0.652. The number of rotatable bonds is 1. The van der Waals surface area contributed by atoms with Crippen molar-refractivity contribution in [2.75, 3.05) is 13.6 Å². The number of nitrogens with zero attached hydrogens (tertiary/aromatic N) is 1. The van der Waals surface area contributed by atoms with Crippen molar-refractivity contribution in [3.8, 4) is 0 Å². The summed E-state index contributed by atoms with van der Waals surface area (Å²) in [6.07, 6.45) is 0.556. The second-order valence-corrected chi connectivity index (χ2v) is 4.37. The first-order chi connectivity index (χ1) is 5.88. The van der Waals surface area contributed by atoms with E-state index < -0.39 is 5.60 Å². The molecule has 3 atom stereocenters. The molecule has 1 fully saturated rings. The highest BCUT2D eigenvalue weighted by Gasteiger charge is 2.44. The van der Waals surface area contributed by atoms with Crippen LogP contribution in [0.5, 0.6) is 0 Å². The van der Waals surface area contributed by atoms with Crippen molar-refractivity contribution in [2.24, 2.45) is 5.92 Å². The summed E-state index contributed by atoms with van der Waals surface area (Å²) in [6, 6.07) is 0.282.